The number of hydrogen-bond acceptors (Lipinski definition) is 5. The van der Waals surface area contributed by atoms with E-state index in [2.05, 4.69) is 37.6 Å². The van der Waals surface area contributed by atoms with Gasteiger partial charge in [-0.3, -0.25) is 10.1 Å². The first-order valence-corrected chi connectivity index (χ1v) is 11.3. The average molecular weight is 569 g/mol. The predicted octanol–water partition coefficient (Wildman–Crippen LogP) is 3.83. The van der Waals surface area contributed by atoms with Crippen LogP contribution in [0.25, 0.3) is 0 Å². The van der Waals surface area contributed by atoms with Gasteiger partial charge in [-0.25, -0.2) is 9.78 Å². The van der Waals surface area contributed by atoms with Gasteiger partial charge in [0.1, 0.15) is 17.8 Å². The van der Waals surface area contributed by atoms with Crippen LogP contribution in [-0.4, -0.2) is 63.9 Å². The van der Waals surface area contributed by atoms with Crippen LogP contribution >= 0.6 is 24.0 Å². The molecule has 2 heterocycles. The number of carbonyl (C=O) groups is 1. The first-order valence-electron chi connectivity index (χ1n) is 11.3. The van der Waals surface area contributed by atoms with Crippen molar-refractivity contribution in [2.45, 2.75) is 58.1 Å². The summed E-state index contributed by atoms with van der Waals surface area (Å²) in [6, 6.07) is 9.58. The quantitative estimate of drug-likeness (QED) is 0.277. The normalized spacial score (nSPS) is 16.0. The van der Waals surface area contributed by atoms with Crippen LogP contribution in [0.2, 0.25) is 0 Å². The standard InChI is InChI=1S/C23H35N7O2.HI/c1-5-24-21(30-13-11-18(12-14-30)20-26-16-27-29-20)25-15-19(17-9-7-6-8-10-17)28-22(31)32-23(2,3)4;/h6-10,16,18-19H,5,11-15H2,1-4H3,(H,24,25)(H,28,31)(H,26,27,29);1H. The van der Waals surface area contributed by atoms with E-state index in [0.29, 0.717) is 12.5 Å². The van der Waals surface area contributed by atoms with Crippen molar-refractivity contribution < 1.29 is 9.53 Å². The Balaban J connectivity index is 0.00000385. The number of H-pyrrole nitrogens is 1. The first kappa shape index (κ1) is 26.9. The molecule has 2 aromatic rings. The van der Waals surface area contributed by atoms with Crippen molar-refractivity contribution in [2.75, 3.05) is 26.2 Å². The Morgan fingerprint density at radius 3 is 2.55 bits per heavy atom. The SMILES string of the molecule is CCNC(=NCC(NC(=O)OC(C)(C)C)c1ccccc1)N1CCC(c2ncn[nH]2)CC1.I. The smallest absolute Gasteiger partial charge is 0.408 e. The second-order valence-corrected chi connectivity index (χ2v) is 8.94. The number of ether oxygens (including phenoxy) is 1. The second kappa shape index (κ2) is 12.8. The second-order valence-electron chi connectivity index (χ2n) is 8.94. The number of guanidine groups is 1. The van der Waals surface area contributed by atoms with Gasteiger partial charge in [0.2, 0.25) is 0 Å². The highest BCUT2D eigenvalue weighted by Gasteiger charge is 2.25. The number of aromatic amines is 1. The van der Waals surface area contributed by atoms with Gasteiger partial charge in [0.05, 0.1) is 12.6 Å². The van der Waals surface area contributed by atoms with Gasteiger partial charge in [-0.15, -0.1) is 24.0 Å². The summed E-state index contributed by atoms with van der Waals surface area (Å²) >= 11 is 0. The summed E-state index contributed by atoms with van der Waals surface area (Å²) in [7, 11) is 0. The minimum atomic E-state index is -0.558. The molecular weight excluding hydrogens is 533 g/mol. The van der Waals surface area contributed by atoms with Crippen LogP contribution in [-0.2, 0) is 4.74 Å². The molecule has 182 valence electrons. The van der Waals surface area contributed by atoms with E-state index in [0.717, 1.165) is 49.8 Å². The number of aliphatic imine (C=N–C) groups is 1. The zero-order valence-electron chi connectivity index (χ0n) is 19.9. The molecule has 1 aliphatic heterocycles. The van der Waals surface area contributed by atoms with Crippen molar-refractivity contribution in [3.05, 3.63) is 48.0 Å². The molecule has 33 heavy (non-hydrogen) atoms. The summed E-state index contributed by atoms with van der Waals surface area (Å²) in [4.78, 5) is 23.9. The number of amides is 1. The lowest BCUT2D eigenvalue weighted by Crippen LogP contribution is -2.46. The monoisotopic (exact) mass is 569 g/mol. The number of aromatic nitrogens is 3. The maximum atomic E-state index is 12.4. The molecule has 1 aromatic carbocycles. The number of carbonyl (C=O) groups excluding carboxylic acids is 1. The van der Waals surface area contributed by atoms with Crippen molar-refractivity contribution in [1.82, 2.24) is 30.7 Å². The van der Waals surface area contributed by atoms with E-state index in [1.54, 1.807) is 6.33 Å². The van der Waals surface area contributed by atoms with Gasteiger partial charge in [-0.2, -0.15) is 5.10 Å². The molecule has 1 aliphatic rings. The minimum absolute atomic E-state index is 0. The average Bonchev–Trinajstić information content (AvgIpc) is 3.30. The van der Waals surface area contributed by atoms with E-state index in [-0.39, 0.29) is 30.0 Å². The van der Waals surface area contributed by atoms with Crippen LogP contribution in [0.1, 0.15) is 63.9 Å². The zero-order valence-corrected chi connectivity index (χ0v) is 22.2. The van der Waals surface area contributed by atoms with Crippen molar-refractivity contribution in [1.29, 1.82) is 0 Å². The summed E-state index contributed by atoms with van der Waals surface area (Å²) in [5.74, 6) is 2.20. The van der Waals surface area contributed by atoms with Crippen molar-refractivity contribution in [3.63, 3.8) is 0 Å². The Morgan fingerprint density at radius 2 is 1.97 bits per heavy atom. The van der Waals surface area contributed by atoms with Crippen molar-refractivity contribution in [2.24, 2.45) is 4.99 Å². The molecular formula is C23H36IN7O2. The van der Waals surface area contributed by atoms with Gasteiger partial charge in [0.25, 0.3) is 0 Å². The highest BCUT2D eigenvalue weighted by molar-refractivity contribution is 14.0. The first-order chi connectivity index (χ1) is 15.4. The third-order valence-electron chi connectivity index (χ3n) is 5.27. The molecule has 1 fully saturated rings. The number of nitrogens with one attached hydrogen (secondary N) is 3. The maximum Gasteiger partial charge on any atom is 0.408 e. The molecule has 9 nitrogen and oxygen atoms in total. The molecule has 1 aromatic heterocycles. The van der Waals surface area contributed by atoms with Gasteiger partial charge in [-0.1, -0.05) is 30.3 Å². The van der Waals surface area contributed by atoms with Crippen LogP contribution in [0.5, 0.6) is 0 Å². The van der Waals surface area contributed by atoms with Crippen LogP contribution in [0.4, 0.5) is 4.79 Å². The largest absolute Gasteiger partial charge is 0.444 e. The van der Waals surface area contributed by atoms with E-state index in [1.807, 2.05) is 51.1 Å². The Labute approximate surface area is 213 Å². The number of benzene rings is 1. The molecule has 10 heteroatoms. The molecule has 3 N–H and O–H groups in total. The van der Waals surface area contributed by atoms with Gasteiger partial charge in [-0.05, 0) is 46.1 Å². The van der Waals surface area contributed by atoms with Gasteiger partial charge >= 0.3 is 6.09 Å². The number of alkyl carbamates (subject to hydrolysis) is 1. The molecule has 0 bridgehead atoms. The molecule has 1 amide bonds. The molecule has 1 atom stereocenters. The van der Waals surface area contributed by atoms with Gasteiger partial charge in [0, 0.05) is 25.6 Å². The lowest BCUT2D eigenvalue weighted by molar-refractivity contribution is 0.0505. The highest BCUT2D eigenvalue weighted by Crippen LogP contribution is 2.25. The van der Waals surface area contributed by atoms with E-state index in [4.69, 9.17) is 9.73 Å². The summed E-state index contributed by atoms with van der Waals surface area (Å²) in [6.45, 7) is 10.6. The molecule has 0 saturated carbocycles. The molecule has 1 saturated heterocycles. The Morgan fingerprint density at radius 1 is 1.27 bits per heavy atom. The minimum Gasteiger partial charge on any atom is -0.444 e. The van der Waals surface area contributed by atoms with Crippen LogP contribution in [0.3, 0.4) is 0 Å². The van der Waals surface area contributed by atoms with E-state index < -0.39 is 11.7 Å². The number of nitrogens with zero attached hydrogens (tertiary/aromatic N) is 4. The summed E-state index contributed by atoms with van der Waals surface area (Å²) in [5, 5.41) is 13.3. The lowest BCUT2D eigenvalue weighted by Gasteiger charge is -2.33. The molecule has 0 aliphatic carbocycles. The Kier molecular flexibility index (Phi) is 10.4. The Bertz CT molecular complexity index is 861. The fourth-order valence-electron chi connectivity index (χ4n) is 3.75. The number of likely N-dealkylation sites (tertiary alicyclic amines) is 1. The van der Waals surface area contributed by atoms with E-state index in [9.17, 15) is 4.79 Å². The maximum absolute atomic E-state index is 12.4. The van der Waals surface area contributed by atoms with Crippen molar-refractivity contribution in [3.8, 4) is 0 Å². The van der Waals surface area contributed by atoms with Crippen molar-refractivity contribution >= 4 is 36.0 Å². The summed E-state index contributed by atoms with van der Waals surface area (Å²) < 4.78 is 5.47. The van der Waals surface area contributed by atoms with Crippen LogP contribution < -0.4 is 10.6 Å². The third kappa shape index (κ3) is 8.49. The highest BCUT2D eigenvalue weighted by atomic mass is 127. The zero-order chi connectivity index (χ0) is 23.0. The van der Waals surface area contributed by atoms with Gasteiger partial charge in [0.15, 0.2) is 5.96 Å². The Hall–Kier alpha value is -2.37. The molecule has 0 radical (unpaired) electrons. The lowest BCUT2D eigenvalue weighted by atomic mass is 9.96. The van der Waals surface area contributed by atoms with E-state index in [1.165, 1.54) is 0 Å². The number of rotatable bonds is 6. The number of hydrogen-bond donors (Lipinski definition) is 3. The topological polar surface area (TPSA) is 108 Å². The molecule has 0 spiro atoms. The predicted molar refractivity (Wildman–Crippen MR) is 140 cm³/mol. The fourth-order valence-corrected chi connectivity index (χ4v) is 3.75. The molecule has 1 unspecified atom stereocenters. The molecule has 3 rings (SSSR count). The van der Waals surface area contributed by atoms with Crippen LogP contribution in [0.15, 0.2) is 41.7 Å². The number of piperidine rings is 1. The van der Waals surface area contributed by atoms with E-state index >= 15 is 0 Å². The van der Waals surface area contributed by atoms with Crippen LogP contribution in [0, 0.1) is 0 Å². The summed E-state index contributed by atoms with van der Waals surface area (Å²) in [6.07, 6.45) is 3.09. The summed E-state index contributed by atoms with van der Waals surface area (Å²) in [5.41, 5.74) is 0.430. The number of halogens is 1. The third-order valence-corrected chi connectivity index (χ3v) is 5.27. The fraction of sp³-hybridized carbons (Fsp3) is 0.565. The van der Waals surface area contributed by atoms with Gasteiger partial charge < -0.3 is 20.3 Å².